The predicted octanol–water partition coefficient (Wildman–Crippen LogP) is 4.87. The Bertz CT molecular complexity index is 803. The van der Waals surface area contributed by atoms with Crippen LogP contribution in [0.1, 0.15) is 18.9 Å². The van der Waals surface area contributed by atoms with E-state index in [1.54, 1.807) is 0 Å². The third-order valence-corrected chi connectivity index (χ3v) is 3.67. The summed E-state index contributed by atoms with van der Waals surface area (Å²) in [6, 6.07) is 9.55. The molecule has 0 bridgehead atoms. The lowest BCUT2D eigenvalue weighted by Gasteiger charge is -2.10. The Kier molecular flexibility index (Phi) is 3.75. The highest BCUT2D eigenvalue weighted by Crippen LogP contribution is 2.28. The molecule has 0 saturated carbocycles. The van der Waals surface area contributed by atoms with Crippen LogP contribution in [0.3, 0.4) is 0 Å². The number of hydrogen-bond donors (Lipinski definition) is 0. The highest BCUT2D eigenvalue weighted by molar-refractivity contribution is 7.71. The monoisotopic (exact) mass is 300 g/mol. The topological polar surface area (TPSA) is 40.2 Å². The van der Waals surface area contributed by atoms with Crippen LogP contribution >= 0.6 is 12.2 Å². The minimum atomic E-state index is 0.222. The van der Waals surface area contributed by atoms with Crippen LogP contribution in [0, 0.1) is 11.6 Å². The molecule has 0 atom stereocenters. The number of benzene rings is 1. The third-order valence-electron chi connectivity index (χ3n) is 3.25. The Hall–Kier alpha value is -2.14. The van der Waals surface area contributed by atoms with Crippen molar-refractivity contribution < 1.29 is 9.15 Å². The minimum absolute atomic E-state index is 0.222. The number of pyridine rings is 1. The van der Waals surface area contributed by atoms with Crippen molar-refractivity contribution in [3.8, 4) is 11.8 Å². The average molecular weight is 300 g/mol. The van der Waals surface area contributed by atoms with Gasteiger partial charge in [0.1, 0.15) is 10.2 Å². The molecule has 0 radical (unpaired) electrons. The zero-order valence-electron chi connectivity index (χ0n) is 12.0. The van der Waals surface area contributed by atoms with E-state index in [1.165, 1.54) is 0 Å². The van der Waals surface area contributed by atoms with Gasteiger partial charge in [0.05, 0.1) is 0 Å². The highest BCUT2D eigenvalue weighted by Gasteiger charge is 2.11. The molecule has 108 valence electrons. The van der Waals surface area contributed by atoms with Gasteiger partial charge in [-0.2, -0.15) is 4.98 Å². The molecule has 2 heterocycles. The maximum atomic E-state index is 5.81. The molecule has 2 aromatic heterocycles. The van der Waals surface area contributed by atoms with Gasteiger partial charge in [-0.3, -0.25) is 0 Å². The van der Waals surface area contributed by atoms with Crippen molar-refractivity contribution in [2.24, 2.45) is 0 Å². The zero-order chi connectivity index (χ0) is 14.8. The molecular weight excluding hydrogens is 284 g/mol. The zero-order valence-corrected chi connectivity index (χ0v) is 12.8. The molecule has 3 rings (SSSR count). The molecule has 0 amide bonds. The summed E-state index contributed by atoms with van der Waals surface area (Å²) in [4.78, 5) is 4.32. The van der Waals surface area contributed by atoms with Gasteiger partial charge >= 0.3 is 6.08 Å². The molecule has 0 aliphatic rings. The van der Waals surface area contributed by atoms with Gasteiger partial charge in [0, 0.05) is 12.7 Å². The molecule has 3 aromatic rings. The molecule has 0 fully saturated rings. The van der Waals surface area contributed by atoms with Gasteiger partial charge in [0.15, 0.2) is 11.3 Å². The molecule has 0 aliphatic carbocycles. The van der Waals surface area contributed by atoms with E-state index in [0.717, 1.165) is 24.0 Å². The third kappa shape index (κ3) is 2.69. The normalized spacial score (nSPS) is 11.0. The lowest BCUT2D eigenvalue weighted by atomic mass is 10.3. The van der Waals surface area contributed by atoms with Gasteiger partial charge in [0.25, 0.3) is 0 Å². The van der Waals surface area contributed by atoms with Crippen molar-refractivity contribution in [3.63, 3.8) is 0 Å². The molecular formula is C16H16N2O2S. The van der Waals surface area contributed by atoms with Crippen LogP contribution in [0.4, 0.5) is 0 Å². The molecule has 21 heavy (non-hydrogen) atoms. The van der Waals surface area contributed by atoms with Crippen LogP contribution in [-0.4, -0.2) is 9.55 Å². The van der Waals surface area contributed by atoms with E-state index in [9.17, 15) is 0 Å². The lowest BCUT2D eigenvalue weighted by molar-refractivity contribution is 0.337. The van der Waals surface area contributed by atoms with Crippen molar-refractivity contribution >= 4 is 23.3 Å². The number of hydrogen-bond acceptors (Lipinski definition) is 4. The second-order valence-corrected chi connectivity index (χ2v) is 5.26. The minimum Gasteiger partial charge on any atom is -0.409 e. The van der Waals surface area contributed by atoms with Gasteiger partial charge in [-0.1, -0.05) is 31.3 Å². The fourth-order valence-electron chi connectivity index (χ4n) is 2.17. The number of nitrogens with zero attached hydrogens (tertiary/aromatic N) is 2. The maximum absolute atomic E-state index is 5.81. The standard InChI is InChI=1S/C16H16N2O2S/c1-3-9-18-10-8-11(2)14(15(18)21)20-16-17-12-6-4-5-7-13(12)19-16/h4-8,10H,3,9H2,1-2H3. The molecule has 4 nitrogen and oxygen atoms in total. The fraction of sp³-hybridized carbons (Fsp3) is 0.250. The molecule has 5 heteroatoms. The van der Waals surface area contributed by atoms with Gasteiger partial charge in [-0.25, -0.2) is 0 Å². The summed E-state index contributed by atoms with van der Waals surface area (Å²) < 4.78 is 14.1. The second kappa shape index (κ2) is 5.69. The van der Waals surface area contributed by atoms with E-state index >= 15 is 0 Å². The summed E-state index contributed by atoms with van der Waals surface area (Å²) in [6.07, 6.45) is 3.22. The fourth-order valence-corrected chi connectivity index (χ4v) is 2.52. The number of oxazole rings is 1. The van der Waals surface area contributed by atoms with Crippen molar-refractivity contribution in [1.82, 2.24) is 9.55 Å². The number of aromatic nitrogens is 2. The number of rotatable bonds is 4. The van der Waals surface area contributed by atoms with Gasteiger partial charge in [-0.15, -0.1) is 0 Å². The van der Waals surface area contributed by atoms with Crippen LogP contribution < -0.4 is 4.74 Å². The summed E-state index contributed by atoms with van der Waals surface area (Å²) in [6.45, 7) is 4.94. The number of aryl methyl sites for hydroxylation is 2. The number of para-hydroxylation sites is 2. The second-order valence-electron chi connectivity index (χ2n) is 4.88. The van der Waals surface area contributed by atoms with Crippen molar-refractivity contribution in [2.45, 2.75) is 26.8 Å². The van der Waals surface area contributed by atoms with Gasteiger partial charge < -0.3 is 13.7 Å². The summed E-state index contributed by atoms with van der Waals surface area (Å²) in [5.74, 6) is 0.632. The van der Waals surface area contributed by atoms with Crippen LogP contribution in [0.5, 0.6) is 11.8 Å². The smallest absolute Gasteiger partial charge is 0.400 e. The Labute approximate surface area is 128 Å². The quantitative estimate of drug-likeness (QED) is 0.644. The summed E-state index contributed by atoms with van der Waals surface area (Å²) in [5.41, 5.74) is 2.44. The average Bonchev–Trinajstić information content (AvgIpc) is 2.89. The Morgan fingerprint density at radius 1 is 1.29 bits per heavy atom. The van der Waals surface area contributed by atoms with Crippen molar-refractivity contribution in [3.05, 3.63) is 46.7 Å². The van der Waals surface area contributed by atoms with Crippen LogP contribution in [-0.2, 0) is 6.54 Å². The van der Waals surface area contributed by atoms with Gasteiger partial charge in [-0.05, 0) is 37.1 Å². The molecule has 0 saturated heterocycles. The van der Waals surface area contributed by atoms with Crippen LogP contribution in [0.2, 0.25) is 0 Å². The molecule has 0 N–H and O–H groups in total. The van der Waals surface area contributed by atoms with E-state index in [1.807, 2.05) is 48.0 Å². The molecule has 0 unspecified atom stereocenters. The Balaban J connectivity index is 2.00. The van der Waals surface area contributed by atoms with E-state index in [0.29, 0.717) is 16.0 Å². The maximum Gasteiger partial charge on any atom is 0.400 e. The Morgan fingerprint density at radius 2 is 2.10 bits per heavy atom. The molecule has 1 aromatic carbocycles. The summed E-state index contributed by atoms with van der Waals surface area (Å²) in [5, 5.41) is 0. The first kappa shape index (κ1) is 13.8. The largest absolute Gasteiger partial charge is 0.409 e. The van der Waals surface area contributed by atoms with Gasteiger partial charge in [0.2, 0.25) is 0 Å². The SMILES string of the molecule is CCCn1ccc(C)c(Oc2nc3ccccc3o2)c1=S. The van der Waals surface area contributed by atoms with E-state index in [-0.39, 0.29) is 6.08 Å². The van der Waals surface area contributed by atoms with E-state index in [2.05, 4.69) is 11.9 Å². The number of fused-ring (bicyclic) bond motifs is 1. The molecule has 0 spiro atoms. The van der Waals surface area contributed by atoms with Crippen LogP contribution in [0.25, 0.3) is 11.1 Å². The summed E-state index contributed by atoms with van der Waals surface area (Å²) >= 11 is 5.49. The first-order valence-electron chi connectivity index (χ1n) is 6.92. The van der Waals surface area contributed by atoms with Crippen molar-refractivity contribution in [2.75, 3.05) is 0 Å². The number of ether oxygens (including phenoxy) is 1. The highest BCUT2D eigenvalue weighted by atomic mass is 32.1. The molecule has 0 aliphatic heterocycles. The summed E-state index contributed by atoms with van der Waals surface area (Å²) in [7, 11) is 0. The van der Waals surface area contributed by atoms with E-state index < -0.39 is 0 Å². The Morgan fingerprint density at radius 3 is 2.86 bits per heavy atom. The van der Waals surface area contributed by atoms with E-state index in [4.69, 9.17) is 21.4 Å². The van der Waals surface area contributed by atoms with Crippen LogP contribution in [0.15, 0.2) is 40.9 Å². The first-order valence-corrected chi connectivity index (χ1v) is 7.33. The lowest BCUT2D eigenvalue weighted by Crippen LogP contribution is -2.02. The van der Waals surface area contributed by atoms with Crippen molar-refractivity contribution in [1.29, 1.82) is 0 Å². The predicted molar refractivity (Wildman–Crippen MR) is 84.4 cm³/mol. The first-order chi connectivity index (χ1) is 10.2.